The van der Waals surface area contributed by atoms with Crippen molar-refractivity contribution in [1.29, 1.82) is 0 Å². The van der Waals surface area contributed by atoms with Crippen LogP contribution in [0.1, 0.15) is 78.1 Å². The maximum absolute atomic E-state index is 14.0. The Labute approximate surface area is 130 Å². The normalized spacial score (nSPS) is 45.2. The molecule has 0 aromatic rings. The van der Waals surface area contributed by atoms with Crippen LogP contribution < -0.4 is 0 Å². The molecule has 21 heavy (non-hydrogen) atoms. The van der Waals surface area contributed by atoms with Gasteiger partial charge in [0, 0.05) is 0 Å². The Morgan fingerprint density at radius 1 is 0.905 bits per heavy atom. The number of rotatable bonds is 2. The average Bonchev–Trinajstić information content (AvgIpc) is 2.51. The first-order chi connectivity index (χ1) is 10.1. The predicted molar refractivity (Wildman–Crippen MR) is 87.9 cm³/mol. The highest BCUT2D eigenvalue weighted by Crippen LogP contribution is 2.43. The van der Waals surface area contributed by atoms with Crippen molar-refractivity contribution in [3.8, 4) is 0 Å². The molecule has 0 saturated heterocycles. The molecule has 0 aliphatic heterocycles. The molecular formula is C20H33F. The molecule has 0 nitrogen and oxygen atoms in total. The molecule has 3 rings (SSSR count). The van der Waals surface area contributed by atoms with Crippen LogP contribution in [0.5, 0.6) is 0 Å². The Morgan fingerprint density at radius 3 is 2.29 bits per heavy atom. The predicted octanol–water partition coefficient (Wildman–Crippen LogP) is 6.31. The summed E-state index contributed by atoms with van der Waals surface area (Å²) >= 11 is 0. The van der Waals surface area contributed by atoms with Gasteiger partial charge in [-0.2, -0.15) is 0 Å². The van der Waals surface area contributed by atoms with E-state index in [2.05, 4.69) is 19.9 Å². The summed E-state index contributed by atoms with van der Waals surface area (Å²) in [5.74, 6) is 3.75. The van der Waals surface area contributed by atoms with Crippen molar-refractivity contribution in [2.45, 2.75) is 84.2 Å². The molecule has 0 aromatic carbocycles. The maximum atomic E-state index is 14.0. The molecule has 2 saturated carbocycles. The summed E-state index contributed by atoms with van der Waals surface area (Å²) < 4.78 is 14.0. The van der Waals surface area contributed by atoms with Gasteiger partial charge in [-0.25, -0.2) is 4.39 Å². The van der Waals surface area contributed by atoms with Crippen molar-refractivity contribution in [3.05, 3.63) is 11.6 Å². The molecule has 0 amide bonds. The molecule has 2 fully saturated rings. The van der Waals surface area contributed by atoms with Crippen LogP contribution in [0.15, 0.2) is 11.6 Å². The van der Waals surface area contributed by atoms with Gasteiger partial charge in [-0.3, -0.25) is 0 Å². The molecule has 3 aliphatic rings. The molecule has 4 unspecified atom stereocenters. The van der Waals surface area contributed by atoms with E-state index in [0.717, 1.165) is 30.6 Å². The van der Waals surface area contributed by atoms with Gasteiger partial charge >= 0.3 is 0 Å². The van der Waals surface area contributed by atoms with Crippen molar-refractivity contribution >= 4 is 0 Å². The van der Waals surface area contributed by atoms with Crippen molar-refractivity contribution in [2.24, 2.45) is 29.6 Å². The van der Waals surface area contributed by atoms with Gasteiger partial charge in [0.25, 0.3) is 0 Å². The van der Waals surface area contributed by atoms with Crippen LogP contribution in [0.4, 0.5) is 4.39 Å². The van der Waals surface area contributed by atoms with E-state index in [-0.39, 0.29) is 0 Å². The van der Waals surface area contributed by atoms with Crippen molar-refractivity contribution < 1.29 is 4.39 Å². The molecule has 0 aromatic heterocycles. The number of allylic oxidation sites excluding steroid dienone is 2. The minimum absolute atomic E-state index is 0.294. The van der Waals surface area contributed by atoms with E-state index >= 15 is 0 Å². The lowest BCUT2D eigenvalue weighted by Crippen LogP contribution is -2.27. The largest absolute Gasteiger partial charge is 0.247 e. The van der Waals surface area contributed by atoms with E-state index in [9.17, 15) is 4.39 Å². The van der Waals surface area contributed by atoms with Gasteiger partial charge in [0.2, 0.25) is 0 Å². The van der Waals surface area contributed by atoms with Crippen molar-refractivity contribution in [2.75, 3.05) is 0 Å². The van der Waals surface area contributed by atoms with Crippen LogP contribution in [-0.2, 0) is 0 Å². The third kappa shape index (κ3) is 3.71. The standard InChI is InChI=1S/C20H33F/c1-14-3-6-16(7-4-14)17-9-11-18(12-10-17)19-8-5-15(2)20(21)13-19/h11,14-17,19-20H,3-10,12-13H2,1-2H3. The van der Waals surface area contributed by atoms with Crippen LogP contribution in [-0.4, -0.2) is 6.17 Å². The molecule has 3 aliphatic carbocycles. The second kappa shape index (κ2) is 6.84. The van der Waals surface area contributed by atoms with Crippen LogP contribution in [0.25, 0.3) is 0 Å². The fourth-order valence-electron chi connectivity index (χ4n) is 5.03. The van der Waals surface area contributed by atoms with Gasteiger partial charge in [0.05, 0.1) is 0 Å². The van der Waals surface area contributed by atoms with Gasteiger partial charge in [0.15, 0.2) is 0 Å². The summed E-state index contributed by atoms with van der Waals surface area (Å²) in [4.78, 5) is 0. The zero-order valence-corrected chi connectivity index (χ0v) is 14.0. The minimum atomic E-state index is -0.554. The summed E-state index contributed by atoms with van der Waals surface area (Å²) in [5, 5.41) is 0. The first-order valence-corrected chi connectivity index (χ1v) is 9.46. The van der Waals surface area contributed by atoms with Gasteiger partial charge in [-0.05, 0) is 81.0 Å². The second-order valence-corrected chi connectivity index (χ2v) is 8.34. The average molecular weight is 292 g/mol. The topological polar surface area (TPSA) is 0 Å². The Bertz CT molecular complexity index is 364. The van der Waals surface area contributed by atoms with Crippen molar-refractivity contribution in [1.82, 2.24) is 0 Å². The molecule has 1 heteroatoms. The van der Waals surface area contributed by atoms with Crippen molar-refractivity contribution in [3.63, 3.8) is 0 Å². The third-order valence-electron chi connectivity index (χ3n) is 6.84. The van der Waals surface area contributed by atoms with E-state index in [1.54, 1.807) is 5.57 Å². The first-order valence-electron chi connectivity index (χ1n) is 9.46. The molecule has 0 N–H and O–H groups in total. The Kier molecular flexibility index (Phi) is 5.07. The number of hydrogen-bond donors (Lipinski definition) is 0. The molecule has 4 atom stereocenters. The fourth-order valence-corrected chi connectivity index (χ4v) is 5.03. The zero-order chi connectivity index (χ0) is 14.8. The number of alkyl halides is 1. The number of hydrogen-bond acceptors (Lipinski definition) is 0. The molecule has 0 heterocycles. The lowest BCUT2D eigenvalue weighted by Gasteiger charge is -2.37. The smallest absolute Gasteiger partial charge is 0.103 e. The van der Waals surface area contributed by atoms with E-state index in [1.165, 1.54) is 51.4 Å². The quantitative estimate of drug-likeness (QED) is 0.523. The van der Waals surface area contributed by atoms with Gasteiger partial charge in [0.1, 0.15) is 6.17 Å². The molecule has 0 spiro atoms. The lowest BCUT2D eigenvalue weighted by molar-refractivity contribution is 0.145. The minimum Gasteiger partial charge on any atom is -0.247 e. The Balaban J connectivity index is 1.52. The van der Waals surface area contributed by atoms with Crippen LogP contribution in [0, 0.1) is 29.6 Å². The van der Waals surface area contributed by atoms with Gasteiger partial charge in [-0.15, -0.1) is 0 Å². The maximum Gasteiger partial charge on any atom is 0.103 e. The first kappa shape index (κ1) is 15.6. The Morgan fingerprint density at radius 2 is 1.67 bits per heavy atom. The van der Waals surface area contributed by atoms with Gasteiger partial charge in [-0.1, -0.05) is 38.3 Å². The molecule has 120 valence electrons. The van der Waals surface area contributed by atoms with E-state index in [4.69, 9.17) is 0 Å². The lowest BCUT2D eigenvalue weighted by atomic mass is 9.69. The molecule has 0 bridgehead atoms. The highest BCUT2D eigenvalue weighted by Gasteiger charge is 2.32. The summed E-state index contributed by atoms with van der Waals surface area (Å²) in [6.07, 6.45) is 14.9. The summed E-state index contributed by atoms with van der Waals surface area (Å²) in [6, 6.07) is 0. The Hall–Kier alpha value is -0.330. The highest BCUT2D eigenvalue weighted by atomic mass is 19.1. The van der Waals surface area contributed by atoms with Crippen LogP contribution in [0.2, 0.25) is 0 Å². The zero-order valence-electron chi connectivity index (χ0n) is 14.0. The summed E-state index contributed by atoms with van der Waals surface area (Å²) in [7, 11) is 0. The molecular weight excluding hydrogens is 259 g/mol. The second-order valence-electron chi connectivity index (χ2n) is 8.34. The highest BCUT2D eigenvalue weighted by molar-refractivity contribution is 5.12. The van der Waals surface area contributed by atoms with Crippen LogP contribution >= 0.6 is 0 Å². The van der Waals surface area contributed by atoms with E-state index in [1.807, 2.05) is 0 Å². The number of halogens is 1. The third-order valence-corrected chi connectivity index (χ3v) is 6.84. The van der Waals surface area contributed by atoms with E-state index < -0.39 is 6.17 Å². The molecule has 0 radical (unpaired) electrons. The van der Waals surface area contributed by atoms with E-state index in [0.29, 0.717) is 11.8 Å². The summed E-state index contributed by atoms with van der Waals surface area (Å²) in [6.45, 7) is 4.49. The fraction of sp³-hybridized carbons (Fsp3) is 0.900. The summed E-state index contributed by atoms with van der Waals surface area (Å²) in [5.41, 5.74) is 1.62. The van der Waals surface area contributed by atoms with Gasteiger partial charge < -0.3 is 0 Å². The van der Waals surface area contributed by atoms with Crippen LogP contribution in [0.3, 0.4) is 0 Å². The SMILES string of the molecule is CC1CCC(C2CC=C(C3CCC(C)C(F)C3)CC2)CC1. The monoisotopic (exact) mass is 292 g/mol.